The first-order valence-electron chi connectivity index (χ1n) is 6.59. The maximum atomic E-state index is 12.5. The molecule has 0 spiro atoms. The van der Waals surface area contributed by atoms with Crippen molar-refractivity contribution in [1.29, 1.82) is 0 Å². The zero-order valence-electron chi connectivity index (χ0n) is 12.4. The Morgan fingerprint density at radius 3 is 2.38 bits per heavy atom. The molecule has 5 heteroatoms. The monoisotopic (exact) mass is 348 g/mol. The number of benzene rings is 1. The predicted octanol–water partition coefficient (Wildman–Crippen LogP) is 4.16. The van der Waals surface area contributed by atoms with Crippen LogP contribution in [0.4, 0.5) is 5.69 Å². The molecule has 110 valence electrons. The van der Waals surface area contributed by atoms with Crippen LogP contribution in [-0.2, 0) is 0 Å². The number of aromatic amines is 1. The van der Waals surface area contributed by atoms with Crippen LogP contribution in [0, 0.1) is 20.8 Å². The molecule has 0 saturated carbocycles. The molecule has 0 fully saturated rings. The molecule has 4 nitrogen and oxygen atoms in total. The van der Waals surface area contributed by atoms with E-state index >= 15 is 0 Å². The Bertz CT molecular complexity index is 732. The van der Waals surface area contributed by atoms with Gasteiger partial charge in [0, 0.05) is 17.1 Å². The molecule has 0 aliphatic carbocycles. The molecule has 0 bridgehead atoms. The predicted molar refractivity (Wildman–Crippen MR) is 87.1 cm³/mol. The van der Waals surface area contributed by atoms with Gasteiger partial charge in [-0.2, -0.15) is 0 Å². The number of H-pyrrole nitrogens is 1. The maximum absolute atomic E-state index is 12.5. The highest BCUT2D eigenvalue weighted by Crippen LogP contribution is 2.25. The third kappa shape index (κ3) is 3.08. The zero-order valence-corrected chi connectivity index (χ0v) is 14.0. The van der Waals surface area contributed by atoms with E-state index in [0.29, 0.717) is 28.2 Å². The Hall–Kier alpha value is -1.88. The number of hydrogen-bond donors (Lipinski definition) is 2. The topological polar surface area (TPSA) is 62.0 Å². The van der Waals surface area contributed by atoms with Crippen LogP contribution < -0.4 is 5.32 Å². The smallest absolute Gasteiger partial charge is 0.257 e. The molecule has 1 aromatic heterocycles. The average molecular weight is 349 g/mol. The molecule has 0 saturated heterocycles. The van der Waals surface area contributed by atoms with E-state index < -0.39 is 0 Å². The molecule has 0 aliphatic heterocycles. The quantitative estimate of drug-likeness (QED) is 0.818. The molecule has 0 atom stereocenters. The standard InChI is InChI=1S/C16H17BrN2O2/c1-8-5-6-13(12(17)7-8)19-16(21)14-9(2)15(11(4)20)18-10(14)3/h5-7,18H,1-4H3,(H,19,21). The lowest BCUT2D eigenvalue weighted by Gasteiger charge is -2.09. The number of aryl methyl sites for hydroxylation is 2. The van der Waals surface area contributed by atoms with Crippen molar-refractivity contribution in [2.45, 2.75) is 27.7 Å². The lowest BCUT2D eigenvalue weighted by atomic mass is 10.1. The van der Waals surface area contributed by atoms with Gasteiger partial charge in [0.15, 0.2) is 5.78 Å². The number of aromatic nitrogens is 1. The molecular formula is C16H17BrN2O2. The summed E-state index contributed by atoms with van der Waals surface area (Å²) in [7, 11) is 0. The van der Waals surface area contributed by atoms with Gasteiger partial charge in [0.05, 0.1) is 16.9 Å². The summed E-state index contributed by atoms with van der Waals surface area (Å²) in [6, 6.07) is 5.71. The fourth-order valence-corrected chi connectivity index (χ4v) is 2.94. The van der Waals surface area contributed by atoms with Crippen molar-refractivity contribution in [3.63, 3.8) is 0 Å². The van der Waals surface area contributed by atoms with Gasteiger partial charge in [0.25, 0.3) is 5.91 Å². The van der Waals surface area contributed by atoms with Gasteiger partial charge in [0.1, 0.15) is 0 Å². The lowest BCUT2D eigenvalue weighted by molar-refractivity contribution is 0.101. The third-order valence-electron chi connectivity index (χ3n) is 3.39. The number of rotatable bonds is 3. The average Bonchev–Trinajstić information content (AvgIpc) is 2.68. The molecule has 1 heterocycles. The third-order valence-corrected chi connectivity index (χ3v) is 4.05. The van der Waals surface area contributed by atoms with E-state index in [2.05, 4.69) is 26.2 Å². The Morgan fingerprint density at radius 1 is 1.19 bits per heavy atom. The second-order valence-corrected chi connectivity index (χ2v) is 5.97. The van der Waals surface area contributed by atoms with Crippen LogP contribution in [0.2, 0.25) is 0 Å². The molecule has 21 heavy (non-hydrogen) atoms. The van der Waals surface area contributed by atoms with Crippen LogP contribution in [0.15, 0.2) is 22.7 Å². The molecule has 0 unspecified atom stereocenters. The Labute approximate surface area is 132 Å². The lowest BCUT2D eigenvalue weighted by Crippen LogP contribution is -2.14. The van der Waals surface area contributed by atoms with E-state index in [1.807, 2.05) is 25.1 Å². The summed E-state index contributed by atoms with van der Waals surface area (Å²) < 4.78 is 0.827. The van der Waals surface area contributed by atoms with Crippen LogP contribution in [0.5, 0.6) is 0 Å². The highest BCUT2D eigenvalue weighted by atomic mass is 79.9. The van der Waals surface area contributed by atoms with Crippen LogP contribution >= 0.6 is 15.9 Å². The van der Waals surface area contributed by atoms with Crippen molar-refractivity contribution in [3.05, 3.63) is 50.8 Å². The number of anilines is 1. The first-order chi connectivity index (χ1) is 9.81. The fraction of sp³-hybridized carbons (Fsp3) is 0.250. The highest BCUT2D eigenvalue weighted by Gasteiger charge is 2.20. The second-order valence-electron chi connectivity index (χ2n) is 5.12. The van der Waals surface area contributed by atoms with Gasteiger partial charge < -0.3 is 10.3 Å². The SMILES string of the molecule is CC(=O)c1[nH]c(C)c(C(=O)Nc2ccc(C)cc2Br)c1C. The van der Waals surface area contributed by atoms with E-state index in [-0.39, 0.29) is 11.7 Å². The summed E-state index contributed by atoms with van der Waals surface area (Å²) in [4.78, 5) is 27.0. The molecule has 2 rings (SSSR count). The first-order valence-corrected chi connectivity index (χ1v) is 7.38. The minimum Gasteiger partial charge on any atom is -0.355 e. The normalized spacial score (nSPS) is 10.5. The van der Waals surface area contributed by atoms with E-state index in [4.69, 9.17) is 0 Å². The number of hydrogen-bond acceptors (Lipinski definition) is 2. The number of amides is 1. The van der Waals surface area contributed by atoms with Gasteiger partial charge in [-0.15, -0.1) is 0 Å². The Kier molecular flexibility index (Phi) is 4.32. The van der Waals surface area contributed by atoms with Crippen LogP contribution in [-0.4, -0.2) is 16.7 Å². The molecule has 0 aliphatic rings. The van der Waals surface area contributed by atoms with Gasteiger partial charge in [-0.3, -0.25) is 9.59 Å². The number of carbonyl (C=O) groups is 2. The van der Waals surface area contributed by atoms with Gasteiger partial charge >= 0.3 is 0 Å². The molecule has 1 aromatic carbocycles. The zero-order chi connectivity index (χ0) is 15.7. The molecule has 2 aromatic rings. The first kappa shape index (κ1) is 15.5. The Morgan fingerprint density at radius 2 is 1.86 bits per heavy atom. The van der Waals surface area contributed by atoms with Crippen molar-refractivity contribution < 1.29 is 9.59 Å². The largest absolute Gasteiger partial charge is 0.355 e. The minimum absolute atomic E-state index is 0.0776. The fourth-order valence-electron chi connectivity index (χ4n) is 2.35. The van der Waals surface area contributed by atoms with E-state index in [1.54, 1.807) is 13.8 Å². The molecule has 0 radical (unpaired) electrons. The molecular weight excluding hydrogens is 332 g/mol. The van der Waals surface area contributed by atoms with Crippen LogP contribution in [0.1, 0.15) is 44.6 Å². The number of ketones is 1. The second kappa shape index (κ2) is 5.85. The van der Waals surface area contributed by atoms with Crippen LogP contribution in [0.3, 0.4) is 0 Å². The maximum Gasteiger partial charge on any atom is 0.257 e. The summed E-state index contributed by atoms with van der Waals surface area (Å²) in [5, 5.41) is 2.87. The Balaban J connectivity index is 2.35. The van der Waals surface area contributed by atoms with E-state index in [0.717, 1.165) is 10.0 Å². The van der Waals surface area contributed by atoms with Gasteiger partial charge in [0.2, 0.25) is 0 Å². The van der Waals surface area contributed by atoms with Gasteiger partial charge in [-0.05, 0) is 60.0 Å². The number of nitrogens with one attached hydrogen (secondary N) is 2. The summed E-state index contributed by atoms with van der Waals surface area (Å²) >= 11 is 3.44. The number of carbonyl (C=O) groups excluding carboxylic acids is 2. The van der Waals surface area contributed by atoms with Crippen molar-refractivity contribution in [2.24, 2.45) is 0 Å². The van der Waals surface area contributed by atoms with Crippen molar-refractivity contribution in [2.75, 3.05) is 5.32 Å². The summed E-state index contributed by atoms with van der Waals surface area (Å²) in [6.45, 7) is 7.03. The highest BCUT2D eigenvalue weighted by molar-refractivity contribution is 9.10. The van der Waals surface area contributed by atoms with Crippen molar-refractivity contribution in [3.8, 4) is 0 Å². The van der Waals surface area contributed by atoms with Crippen molar-refractivity contribution in [1.82, 2.24) is 4.98 Å². The van der Waals surface area contributed by atoms with Gasteiger partial charge in [-0.25, -0.2) is 0 Å². The number of halogens is 1. The summed E-state index contributed by atoms with van der Waals surface area (Å²) in [6.07, 6.45) is 0. The van der Waals surface area contributed by atoms with E-state index in [1.165, 1.54) is 6.92 Å². The molecule has 2 N–H and O–H groups in total. The van der Waals surface area contributed by atoms with Crippen LogP contribution in [0.25, 0.3) is 0 Å². The number of Topliss-reactive ketones (excluding diaryl/α,β-unsaturated/α-hetero) is 1. The molecule has 1 amide bonds. The summed E-state index contributed by atoms with van der Waals surface area (Å²) in [5.41, 5.74) is 4.19. The minimum atomic E-state index is -0.224. The summed E-state index contributed by atoms with van der Waals surface area (Å²) in [5.74, 6) is -0.301. The van der Waals surface area contributed by atoms with Gasteiger partial charge in [-0.1, -0.05) is 6.07 Å². The van der Waals surface area contributed by atoms with Crippen molar-refractivity contribution >= 4 is 33.3 Å². The van der Waals surface area contributed by atoms with E-state index in [9.17, 15) is 9.59 Å².